The lowest BCUT2D eigenvalue weighted by atomic mass is 10.2. The van der Waals surface area contributed by atoms with Crippen LogP contribution in [0.3, 0.4) is 0 Å². The molecule has 0 unspecified atom stereocenters. The molecule has 2 N–H and O–H groups in total. The van der Waals surface area contributed by atoms with Gasteiger partial charge in [0.15, 0.2) is 0 Å². The van der Waals surface area contributed by atoms with Gasteiger partial charge in [0.2, 0.25) is 5.91 Å². The second-order valence-electron chi connectivity index (χ2n) is 4.37. The van der Waals surface area contributed by atoms with Crippen LogP contribution in [0.2, 0.25) is 0 Å². The van der Waals surface area contributed by atoms with Crippen molar-refractivity contribution in [2.75, 3.05) is 39.3 Å². The van der Waals surface area contributed by atoms with Crippen LogP contribution in [-0.2, 0) is 4.79 Å². The molecule has 0 aliphatic carbocycles. The van der Waals surface area contributed by atoms with Crippen molar-refractivity contribution >= 4 is 11.9 Å². The van der Waals surface area contributed by atoms with Crippen LogP contribution in [0.4, 0.5) is 4.79 Å². The molecule has 2 aliphatic heterocycles. The third-order valence-corrected chi connectivity index (χ3v) is 2.97. The smallest absolute Gasteiger partial charge is 0.324 e. The van der Waals surface area contributed by atoms with Crippen molar-refractivity contribution in [1.29, 1.82) is 0 Å². The van der Waals surface area contributed by atoms with Gasteiger partial charge in [0, 0.05) is 38.8 Å². The topological polar surface area (TPSA) is 64.7 Å². The van der Waals surface area contributed by atoms with Crippen LogP contribution in [0.1, 0.15) is 6.92 Å². The molecule has 2 heterocycles. The van der Waals surface area contributed by atoms with Gasteiger partial charge in [-0.25, -0.2) is 4.79 Å². The average Bonchev–Trinajstić information content (AvgIpc) is 2.64. The van der Waals surface area contributed by atoms with Crippen molar-refractivity contribution < 1.29 is 9.59 Å². The fourth-order valence-corrected chi connectivity index (χ4v) is 2.14. The fourth-order valence-electron chi connectivity index (χ4n) is 2.14. The van der Waals surface area contributed by atoms with E-state index >= 15 is 0 Å². The molecule has 6 nitrogen and oxygen atoms in total. The summed E-state index contributed by atoms with van der Waals surface area (Å²) in [5.74, 6) is -0.0934. The van der Waals surface area contributed by atoms with Crippen LogP contribution in [0.25, 0.3) is 0 Å². The van der Waals surface area contributed by atoms with Crippen LogP contribution in [0, 0.1) is 0 Å². The van der Waals surface area contributed by atoms with Crippen molar-refractivity contribution in [2.24, 2.45) is 0 Å². The summed E-state index contributed by atoms with van der Waals surface area (Å²) in [6.07, 6.45) is 0. The Kier molecular flexibility index (Phi) is 3.40. The zero-order valence-corrected chi connectivity index (χ0v) is 9.53. The average molecular weight is 226 g/mol. The second kappa shape index (κ2) is 4.80. The number of carbonyl (C=O) groups is 2. The number of hydrogen-bond donors (Lipinski definition) is 2. The molecule has 2 aliphatic rings. The third kappa shape index (κ3) is 2.51. The number of piperazine rings is 1. The van der Waals surface area contributed by atoms with Crippen LogP contribution in [-0.4, -0.2) is 67.0 Å². The minimum absolute atomic E-state index is 0.0934. The van der Waals surface area contributed by atoms with E-state index in [4.69, 9.17) is 0 Å². The number of amides is 3. The molecule has 2 rings (SSSR count). The molecule has 0 spiro atoms. The number of imide groups is 1. The molecule has 0 radical (unpaired) electrons. The first-order valence-electron chi connectivity index (χ1n) is 5.71. The molecule has 0 saturated carbocycles. The lowest BCUT2D eigenvalue weighted by Gasteiger charge is -2.31. The molecular weight excluding hydrogens is 208 g/mol. The van der Waals surface area contributed by atoms with Crippen molar-refractivity contribution in [3.8, 4) is 0 Å². The summed E-state index contributed by atoms with van der Waals surface area (Å²) >= 11 is 0. The molecule has 0 bridgehead atoms. The Morgan fingerprint density at radius 2 is 2.25 bits per heavy atom. The maximum Gasteiger partial charge on any atom is 0.324 e. The van der Waals surface area contributed by atoms with E-state index in [1.165, 1.54) is 4.90 Å². The van der Waals surface area contributed by atoms with Gasteiger partial charge in [0.05, 0.1) is 6.54 Å². The molecule has 0 aromatic carbocycles. The molecule has 2 saturated heterocycles. The van der Waals surface area contributed by atoms with E-state index < -0.39 is 0 Å². The molecule has 0 aromatic heterocycles. The highest BCUT2D eigenvalue weighted by Crippen LogP contribution is 2.02. The number of rotatable bonds is 2. The van der Waals surface area contributed by atoms with Gasteiger partial charge >= 0.3 is 6.03 Å². The molecule has 2 fully saturated rings. The highest BCUT2D eigenvalue weighted by atomic mass is 16.2. The molecule has 90 valence electrons. The summed E-state index contributed by atoms with van der Waals surface area (Å²) in [5, 5.41) is 5.95. The highest BCUT2D eigenvalue weighted by molar-refractivity contribution is 5.96. The van der Waals surface area contributed by atoms with Gasteiger partial charge in [0.1, 0.15) is 0 Å². The number of urea groups is 1. The standard InChI is InChI=1S/C10H18N4O2/c1-8-6-13(4-2-11-8)7-9(15)14-5-3-12-10(14)16/h8,11H,2-7H2,1H3,(H,12,16)/t8-/m0/s1. The van der Waals surface area contributed by atoms with Crippen molar-refractivity contribution in [3.63, 3.8) is 0 Å². The Labute approximate surface area is 95.0 Å². The first kappa shape index (κ1) is 11.3. The van der Waals surface area contributed by atoms with Gasteiger partial charge in [0.25, 0.3) is 0 Å². The van der Waals surface area contributed by atoms with E-state index in [0.29, 0.717) is 25.7 Å². The van der Waals surface area contributed by atoms with Gasteiger partial charge < -0.3 is 10.6 Å². The van der Waals surface area contributed by atoms with Gasteiger partial charge in [-0.3, -0.25) is 14.6 Å². The van der Waals surface area contributed by atoms with Crippen LogP contribution < -0.4 is 10.6 Å². The van der Waals surface area contributed by atoms with E-state index in [1.54, 1.807) is 0 Å². The van der Waals surface area contributed by atoms with Crippen LogP contribution >= 0.6 is 0 Å². The van der Waals surface area contributed by atoms with Crippen LogP contribution in [0.15, 0.2) is 0 Å². The van der Waals surface area contributed by atoms with E-state index in [0.717, 1.165) is 19.6 Å². The predicted octanol–water partition coefficient (Wildman–Crippen LogP) is -1.17. The first-order chi connectivity index (χ1) is 7.66. The summed E-state index contributed by atoms with van der Waals surface area (Å²) in [4.78, 5) is 26.5. The zero-order valence-electron chi connectivity index (χ0n) is 9.53. The Balaban J connectivity index is 1.84. The molecule has 0 aromatic rings. The fraction of sp³-hybridized carbons (Fsp3) is 0.800. The Morgan fingerprint density at radius 1 is 1.44 bits per heavy atom. The van der Waals surface area contributed by atoms with E-state index in [-0.39, 0.29) is 11.9 Å². The van der Waals surface area contributed by atoms with Crippen molar-refractivity contribution in [1.82, 2.24) is 20.4 Å². The highest BCUT2D eigenvalue weighted by Gasteiger charge is 2.28. The van der Waals surface area contributed by atoms with E-state index in [9.17, 15) is 9.59 Å². The quantitative estimate of drug-likeness (QED) is 0.623. The molecule has 3 amide bonds. The minimum atomic E-state index is -0.256. The summed E-state index contributed by atoms with van der Waals surface area (Å²) in [6.45, 7) is 6.15. The maximum absolute atomic E-state index is 11.8. The molecular formula is C10H18N4O2. The summed E-state index contributed by atoms with van der Waals surface area (Å²) in [5.41, 5.74) is 0. The Bertz CT molecular complexity index is 295. The monoisotopic (exact) mass is 226 g/mol. The summed E-state index contributed by atoms with van der Waals surface area (Å²) in [6, 6.07) is 0.155. The molecule has 6 heteroatoms. The normalized spacial score (nSPS) is 26.9. The Morgan fingerprint density at radius 3 is 2.88 bits per heavy atom. The summed E-state index contributed by atoms with van der Waals surface area (Å²) in [7, 11) is 0. The van der Waals surface area contributed by atoms with Gasteiger partial charge in [-0.2, -0.15) is 0 Å². The lowest BCUT2D eigenvalue weighted by molar-refractivity contribution is -0.129. The SMILES string of the molecule is C[C@H]1CN(CC(=O)N2CCNC2=O)CCN1. The van der Waals surface area contributed by atoms with Crippen molar-refractivity contribution in [2.45, 2.75) is 13.0 Å². The van der Waals surface area contributed by atoms with Gasteiger partial charge in [-0.05, 0) is 6.92 Å². The number of nitrogens with zero attached hydrogens (tertiary/aromatic N) is 2. The Hall–Kier alpha value is -1.14. The minimum Gasteiger partial charge on any atom is -0.336 e. The van der Waals surface area contributed by atoms with Gasteiger partial charge in [-0.1, -0.05) is 0 Å². The van der Waals surface area contributed by atoms with E-state index in [2.05, 4.69) is 22.5 Å². The largest absolute Gasteiger partial charge is 0.336 e. The number of hydrogen-bond acceptors (Lipinski definition) is 4. The third-order valence-electron chi connectivity index (χ3n) is 2.97. The maximum atomic E-state index is 11.8. The molecule has 16 heavy (non-hydrogen) atoms. The van der Waals surface area contributed by atoms with E-state index in [1.807, 2.05) is 0 Å². The predicted molar refractivity (Wildman–Crippen MR) is 59.0 cm³/mol. The molecule has 1 atom stereocenters. The number of carbonyl (C=O) groups excluding carboxylic acids is 2. The summed E-state index contributed by atoms with van der Waals surface area (Å²) < 4.78 is 0. The zero-order chi connectivity index (χ0) is 11.5. The second-order valence-corrected chi connectivity index (χ2v) is 4.37. The number of nitrogens with one attached hydrogen (secondary N) is 2. The van der Waals surface area contributed by atoms with Gasteiger partial charge in [-0.15, -0.1) is 0 Å². The lowest BCUT2D eigenvalue weighted by Crippen LogP contribution is -2.52. The first-order valence-corrected chi connectivity index (χ1v) is 5.71. The van der Waals surface area contributed by atoms with Crippen LogP contribution in [0.5, 0.6) is 0 Å². The van der Waals surface area contributed by atoms with Crippen molar-refractivity contribution in [3.05, 3.63) is 0 Å².